The fraction of sp³-hybridized carbons (Fsp3) is 0.467. The number of esters is 1. The summed E-state index contributed by atoms with van der Waals surface area (Å²) < 4.78 is 6.73. The molecule has 126 valence electrons. The van der Waals surface area contributed by atoms with E-state index in [2.05, 4.69) is 0 Å². The summed E-state index contributed by atoms with van der Waals surface area (Å²) in [6, 6.07) is 0. The van der Waals surface area contributed by atoms with Crippen molar-refractivity contribution in [1.29, 1.82) is 0 Å². The number of ketones is 1. The lowest BCUT2D eigenvalue weighted by molar-refractivity contribution is -0.136. The molecular formula is C15H21N3O5. The topological polar surface area (TPSA) is 113 Å². The molecule has 0 saturated carbocycles. The molecule has 1 aromatic rings. The molecule has 0 atom stereocenters. The number of nitrogens with two attached hydrogens (primary N) is 1. The predicted octanol–water partition coefficient (Wildman–Crippen LogP) is 0.0872. The number of allylic oxidation sites excluding steroid dienone is 1. The molecular weight excluding hydrogens is 302 g/mol. The molecule has 0 radical (unpaired) electrons. The number of hydrogen-bond acceptors (Lipinski definition) is 6. The number of anilines is 1. The van der Waals surface area contributed by atoms with E-state index < -0.39 is 29.6 Å². The van der Waals surface area contributed by atoms with Crippen LogP contribution in [-0.4, -0.2) is 27.5 Å². The van der Waals surface area contributed by atoms with Crippen LogP contribution in [0.3, 0.4) is 0 Å². The van der Waals surface area contributed by atoms with E-state index in [0.717, 1.165) is 10.6 Å². The summed E-state index contributed by atoms with van der Waals surface area (Å²) in [5, 5.41) is 0. The maximum Gasteiger partial charge on any atom is 0.332 e. The van der Waals surface area contributed by atoms with E-state index in [1.54, 1.807) is 6.92 Å². The summed E-state index contributed by atoms with van der Waals surface area (Å²) in [6.07, 6.45) is 2.61. The highest BCUT2D eigenvalue weighted by molar-refractivity contribution is 6.01. The third kappa shape index (κ3) is 4.18. The zero-order chi connectivity index (χ0) is 17.7. The molecule has 0 spiro atoms. The van der Waals surface area contributed by atoms with E-state index in [1.807, 2.05) is 13.8 Å². The van der Waals surface area contributed by atoms with Crippen LogP contribution in [0, 0.1) is 5.92 Å². The molecule has 0 aromatic carbocycles. The molecule has 8 nitrogen and oxygen atoms in total. The molecule has 1 heterocycles. The highest BCUT2D eigenvalue weighted by Gasteiger charge is 2.22. The molecule has 0 aliphatic heterocycles. The van der Waals surface area contributed by atoms with E-state index in [4.69, 9.17) is 10.5 Å². The standard InChI is InChI=1S/C15H21N3O5/c1-5-6-11(20)23-8-10(19)12-13(16)18(7-9(2)3)15(22)17(4)14(12)21/h5-6,9H,7-8,16H2,1-4H3. The van der Waals surface area contributed by atoms with Crippen molar-refractivity contribution in [3.8, 4) is 0 Å². The van der Waals surface area contributed by atoms with Crippen LogP contribution in [0.4, 0.5) is 5.82 Å². The number of aromatic nitrogens is 2. The first-order valence-corrected chi connectivity index (χ1v) is 7.12. The van der Waals surface area contributed by atoms with E-state index in [9.17, 15) is 19.2 Å². The first-order chi connectivity index (χ1) is 10.7. The van der Waals surface area contributed by atoms with Gasteiger partial charge < -0.3 is 10.5 Å². The molecule has 0 aliphatic carbocycles. The van der Waals surface area contributed by atoms with Crippen molar-refractivity contribution in [1.82, 2.24) is 9.13 Å². The zero-order valence-corrected chi connectivity index (χ0v) is 13.7. The van der Waals surface area contributed by atoms with Gasteiger partial charge in [-0.05, 0) is 12.8 Å². The molecule has 0 aliphatic rings. The van der Waals surface area contributed by atoms with Crippen LogP contribution < -0.4 is 17.0 Å². The molecule has 8 heteroatoms. The van der Waals surface area contributed by atoms with Crippen molar-refractivity contribution in [3.05, 3.63) is 38.6 Å². The summed E-state index contributed by atoms with van der Waals surface area (Å²) in [6.45, 7) is 5.01. The van der Waals surface area contributed by atoms with Gasteiger partial charge in [0.25, 0.3) is 5.56 Å². The number of ether oxygens (including phenoxy) is 1. The number of hydrogen-bond donors (Lipinski definition) is 1. The number of rotatable bonds is 6. The van der Waals surface area contributed by atoms with Gasteiger partial charge in [0.15, 0.2) is 6.61 Å². The summed E-state index contributed by atoms with van der Waals surface area (Å²) in [5.74, 6) is -1.58. The van der Waals surface area contributed by atoms with Gasteiger partial charge in [0.2, 0.25) is 5.78 Å². The van der Waals surface area contributed by atoms with E-state index >= 15 is 0 Å². The second-order valence-corrected chi connectivity index (χ2v) is 5.44. The minimum absolute atomic E-state index is 0.0861. The minimum Gasteiger partial charge on any atom is -0.454 e. The Labute approximate surface area is 133 Å². The summed E-state index contributed by atoms with van der Waals surface area (Å²) >= 11 is 0. The number of Topliss-reactive ketones (excluding diaryl/α,β-unsaturated/α-hetero) is 1. The molecule has 2 N–H and O–H groups in total. The molecule has 0 unspecified atom stereocenters. The number of carbonyl (C=O) groups excluding carboxylic acids is 2. The minimum atomic E-state index is -0.806. The highest BCUT2D eigenvalue weighted by atomic mass is 16.5. The second kappa shape index (κ2) is 7.57. The molecule has 0 bridgehead atoms. The fourth-order valence-electron chi connectivity index (χ4n) is 1.98. The summed E-state index contributed by atoms with van der Waals surface area (Å²) in [7, 11) is 1.27. The second-order valence-electron chi connectivity index (χ2n) is 5.44. The average molecular weight is 323 g/mol. The Morgan fingerprint density at radius 2 is 1.91 bits per heavy atom. The van der Waals surface area contributed by atoms with E-state index in [1.165, 1.54) is 17.7 Å². The van der Waals surface area contributed by atoms with Crippen molar-refractivity contribution >= 4 is 17.6 Å². The normalized spacial score (nSPS) is 11.2. The number of nitrogens with zero attached hydrogens (tertiary/aromatic N) is 2. The van der Waals surface area contributed by atoms with Crippen molar-refractivity contribution in [3.63, 3.8) is 0 Å². The highest BCUT2D eigenvalue weighted by Crippen LogP contribution is 2.08. The smallest absolute Gasteiger partial charge is 0.332 e. The third-order valence-electron chi connectivity index (χ3n) is 3.06. The first kappa shape index (κ1) is 18.4. The van der Waals surface area contributed by atoms with Gasteiger partial charge in [-0.2, -0.15) is 0 Å². The van der Waals surface area contributed by atoms with Crippen molar-refractivity contribution in [2.45, 2.75) is 27.3 Å². The van der Waals surface area contributed by atoms with Crippen molar-refractivity contribution in [2.75, 3.05) is 12.3 Å². The van der Waals surface area contributed by atoms with Gasteiger partial charge in [0.05, 0.1) is 0 Å². The molecule has 0 saturated heterocycles. The monoisotopic (exact) mass is 323 g/mol. The van der Waals surface area contributed by atoms with Crippen LogP contribution in [-0.2, 0) is 23.1 Å². The molecule has 0 amide bonds. The average Bonchev–Trinajstić information content (AvgIpc) is 2.47. The summed E-state index contributed by atoms with van der Waals surface area (Å²) in [5.41, 5.74) is 4.10. The Bertz CT molecular complexity index is 756. The lowest BCUT2D eigenvalue weighted by Gasteiger charge is -2.16. The Kier molecular flexibility index (Phi) is 6.06. The Hall–Kier alpha value is -2.64. The van der Waals surface area contributed by atoms with Gasteiger partial charge in [-0.15, -0.1) is 0 Å². The van der Waals surface area contributed by atoms with E-state index in [-0.39, 0.29) is 23.8 Å². The summed E-state index contributed by atoms with van der Waals surface area (Å²) in [4.78, 5) is 47.7. The molecule has 1 aromatic heterocycles. The fourth-order valence-corrected chi connectivity index (χ4v) is 1.98. The number of carbonyl (C=O) groups is 2. The number of nitrogen functional groups attached to an aromatic ring is 1. The zero-order valence-electron chi connectivity index (χ0n) is 13.7. The molecule has 0 fully saturated rings. The lowest BCUT2D eigenvalue weighted by atomic mass is 10.1. The van der Waals surface area contributed by atoms with Gasteiger partial charge in [-0.25, -0.2) is 9.59 Å². The van der Waals surface area contributed by atoms with Crippen molar-refractivity contribution in [2.24, 2.45) is 13.0 Å². The van der Waals surface area contributed by atoms with Gasteiger partial charge in [0, 0.05) is 19.7 Å². The van der Waals surface area contributed by atoms with Crippen LogP contribution in [0.2, 0.25) is 0 Å². The Balaban J connectivity index is 3.28. The Morgan fingerprint density at radius 1 is 1.30 bits per heavy atom. The largest absolute Gasteiger partial charge is 0.454 e. The van der Waals surface area contributed by atoms with Crippen LogP contribution in [0.5, 0.6) is 0 Å². The van der Waals surface area contributed by atoms with Gasteiger partial charge in [0.1, 0.15) is 11.4 Å². The van der Waals surface area contributed by atoms with Gasteiger partial charge in [-0.3, -0.25) is 18.7 Å². The van der Waals surface area contributed by atoms with Crippen LogP contribution >= 0.6 is 0 Å². The van der Waals surface area contributed by atoms with Gasteiger partial charge in [-0.1, -0.05) is 19.9 Å². The van der Waals surface area contributed by atoms with Crippen LogP contribution in [0.25, 0.3) is 0 Å². The maximum absolute atomic E-state index is 12.2. The van der Waals surface area contributed by atoms with Crippen LogP contribution in [0.15, 0.2) is 21.7 Å². The molecule has 23 heavy (non-hydrogen) atoms. The van der Waals surface area contributed by atoms with Crippen molar-refractivity contribution < 1.29 is 14.3 Å². The Morgan fingerprint density at radius 3 is 2.43 bits per heavy atom. The van der Waals surface area contributed by atoms with E-state index in [0.29, 0.717) is 0 Å². The quantitative estimate of drug-likeness (QED) is 0.451. The van der Waals surface area contributed by atoms with Crippen LogP contribution in [0.1, 0.15) is 31.1 Å². The first-order valence-electron chi connectivity index (χ1n) is 7.12. The van der Waals surface area contributed by atoms with Gasteiger partial charge >= 0.3 is 11.7 Å². The third-order valence-corrected chi connectivity index (χ3v) is 3.06. The molecule has 1 rings (SSSR count). The lowest BCUT2D eigenvalue weighted by Crippen LogP contribution is -2.43. The predicted molar refractivity (Wildman–Crippen MR) is 85.3 cm³/mol. The SMILES string of the molecule is CC=CC(=O)OCC(=O)c1c(N)n(CC(C)C)c(=O)n(C)c1=O. The maximum atomic E-state index is 12.2.